The highest BCUT2D eigenvalue weighted by atomic mass is 16.4. The third kappa shape index (κ3) is 2.21. The molecule has 0 fully saturated rings. The number of hydrogen-bond donors (Lipinski definition) is 1. The van der Waals surface area contributed by atoms with Crippen LogP contribution in [0.3, 0.4) is 0 Å². The molecular weight excluding hydrogens is 250 g/mol. The van der Waals surface area contributed by atoms with Gasteiger partial charge in [-0.1, -0.05) is 48.5 Å². The average Bonchev–Trinajstić information content (AvgIpc) is 2.94. The van der Waals surface area contributed by atoms with Crippen molar-refractivity contribution in [3.63, 3.8) is 0 Å². The zero-order valence-electron chi connectivity index (χ0n) is 10.7. The summed E-state index contributed by atoms with van der Waals surface area (Å²) < 4.78 is 1.90. The summed E-state index contributed by atoms with van der Waals surface area (Å²) in [5, 5.41) is 9.20. The molecule has 20 heavy (non-hydrogen) atoms. The summed E-state index contributed by atoms with van der Waals surface area (Å²) in [6.07, 6.45) is 1.65. The minimum absolute atomic E-state index is 0.285. The fraction of sp³-hybridized carbons (Fsp3) is 0. The average molecular weight is 263 g/mol. The number of carboxylic acids is 1. The Morgan fingerprint density at radius 2 is 1.50 bits per heavy atom. The molecule has 2 aromatic carbocycles. The Balaban J connectivity index is 2.20. The van der Waals surface area contributed by atoms with Crippen LogP contribution in [0.15, 0.2) is 72.9 Å². The second kappa shape index (κ2) is 5.05. The first-order valence-electron chi connectivity index (χ1n) is 6.32. The van der Waals surface area contributed by atoms with Crippen molar-refractivity contribution in [2.75, 3.05) is 0 Å². The molecular formula is C17H13NO2. The first-order chi connectivity index (χ1) is 9.75. The van der Waals surface area contributed by atoms with Gasteiger partial charge in [0.05, 0.1) is 11.3 Å². The number of nitrogens with zero attached hydrogens (tertiary/aromatic N) is 1. The van der Waals surface area contributed by atoms with E-state index in [-0.39, 0.29) is 5.56 Å². The van der Waals surface area contributed by atoms with E-state index in [4.69, 9.17) is 0 Å². The van der Waals surface area contributed by atoms with Gasteiger partial charge in [0.15, 0.2) is 0 Å². The minimum Gasteiger partial charge on any atom is -0.478 e. The lowest BCUT2D eigenvalue weighted by atomic mass is 10.1. The third-order valence-corrected chi connectivity index (χ3v) is 3.17. The molecule has 0 atom stereocenters. The van der Waals surface area contributed by atoms with Crippen molar-refractivity contribution in [2.45, 2.75) is 0 Å². The number of aromatic nitrogens is 1. The zero-order chi connectivity index (χ0) is 13.9. The number of aromatic carboxylic acids is 1. The van der Waals surface area contributed by atoms with Crippen molar-refractivity contribution in [2.24, 2.45) is 0 Å². The SMILES string of the molecule is O=C(O)c1cc(-c2ccccc2)n(-c2ccccc2)c1. The van der Waals surface area contributed by atoms with Crippen molar-refractivity contribution in [3.8, 4) is 16.9 Å². The molecule has 0 aliphatic carbocycles. The predicted octanol–water partition coefficient (Wildman–Crippen LogP) is 3.84. The van der Waals surface area contributed by atoms with Crippen LogP contribution in [-0.2, 0) is 0 Å². The summed E-state index contributed by atoms with van der Waals surface area (Å²) in [5.74, 6) is -0.920. The van der Waals surface area contributed by atoms with Crippen LogP contribution in [0.25, 0.3) is 16.9 Å². The van der Waals surface area contributed by atoms with E-state index in [2.05, 4.69) is 0 Å². The second-order valence-corrected chi connectivity index (χ2v) is 4.49. The molecule has 0 saturated heterocycles. The van der Waals surface area contributed by atoms with Gasteiger partial charge in [-0.3, -0.25) is 0 Å². The highest BCUT2D eigenvalue weighted by Crippen LogP contribution is 2.25. The molecule has 3 rings (SSSR count). The lowest BCUT2D eigenvalue weighted by Crippen LogP contribution is -1.95. The van der Waals surface area contributed by atoms with E-state index in [1.54, 1.807) is 12.3 Å². The van der Waals surface area contributed by atoms with Crippen LogP contribution >= 0.6 is 0 Å². The second-order valence-electron chi connectivity index (χ2n) is 4.49. The van der Waals surface area contributed by atoms with E-state index in [0.29, 0.717) is 0 Å². The molecule has 0 bridgehead atoms. The summed E-state index contributed by atoms with van der Waals surface area (Å²) in [5.41, 5.74) is 3.09. The molecule has 3 heteroatoms. The zero-order valence-corrected chi connectivity index (χ0v) is 10.7. The first kappa shape index (κ1) is 12.2. The smallest absolute Gasteiger partial charge is 0.337 e. The molecule has 3 aromatic rings. The Hall–Kier alpha value is -2.81. The summed E-state index contributed by atoms with van der Waals surface area (Å²) in [6.45, 7) is 0. The van der Waals surface area contributed by atoms with Crippen LogP contribution in [0.1, 0.15) is 10.4 Å². The molecule has 0 saturated carbocycles. The molecule has 0 unspecified atom stereocenters. The largest absolute Gasteiger partial charge is 0.478 e. The van der Waals surface area contributed by atoms with Gasteiger partial charge >= 0.3 is 5.97 Å². The maximum absolute atomic E-state index is 11.2. The van der Waals surface area contributed by atoms with Gasteiger partial charge in [0, 0.05) is 11.9 Å². The lowest BCUT2D eigenvalue weighted by molar-refractivity contribution is 0.0697. The van der Waals surface area contributed by atoms with Crippen molar-refractivity contribution in [1.82, 2.24) is 4.57 Å². The number of rotatable bonds is 3. The normalized spacial score (nSPS) is 10.4. The summed E-state index contributed by atoms with van der Waals surface area (Å²) >= 11 is 0. The summed E-state index contributed by atoms with van der Waals surface area (Å²) in [7, 11) is 0. The highest BCUT2D eigenvalue weighted by Gasteiger charge is 2.13. The Bertz CT molecular complexity index is 673. The monoisotopic (exact) mass is 263 g/mol. The molecule has 0 spiro atoms. The molecule has 0 aliphatic rings. The van der Waals surface area contributed by atoms with Crippen LogP contribution in [0.2, 0.25) is 0 Å². The van der Waals surface area contributed by atoms with E-state index in [1.807, 2.05) is 65.2 Å². The fourth-order valence-corrected chi connectivity index (χ4v) is 2.21. The molecule has 3 nitrogen and oxygen atoms in total. The maximum atomic E-state index is 11.2. The van der Waals surface area contributed by atoms with E-state index in [1.165, 1.54) is 0 Å². The Labute approximate surface area is 116 Å². The summed E-state index contributed by atoms with van der Waals surface area (Å²) in [6, 6.07) is 21.2. The Morgan fingerprint density at radius 1 is 0.900 bits per heavy atom. The quantitative estimate of drug-likeness (QED) is 0.780. The molecule has 0 radical (unpaired) electrons. The van der Waals surface area contributed by atoms with Crippen molar-refractivity contribution in [1.29, 1.82) is 0 Å². The topological polar surface area (TPSA) is 42.2 Å². The van der Waals surface area contributed by atoms with Crippen LogP contribution in [0.5, 0.6) is 0 Å². The van der Waals surface area contributed by atoms with Crippen LogP contribution in [0, 0.1) is 0 Å². The molecule has 98 valence electrons. The maximum Gasteiger partial charge on any atom is 0.337 e. The van der Waals surface area contributed by atoms with Gasteiger partial charge in [-0.2, -0.15) is 0 Å². The Kier molecular flexibility index (Phi) is 3.09. The number of hydrogen-bond acceptors (Lipinski definition) is 1. The fourth-order valence-electron chi connectivity index (χ4n) is 2.21. The van der Waals surface area contributed by atoms with E-state index < -0.39 is 5.97 Å². The van der Waals surface area contributed by atoms with Crippen molar-refractivity contribution >= 4 is 5.97 Å². The highest BCUT2D eigenvalue weighted by molar-refractivity contribution is 5.89. The minimum atomic E-state index is -0.920. The van der Waals surface area contributed by atoms with E-state index in [9.17, 15) is 9.90 Å². The number of para-hydroxylation sites is 1. The molecule has 1 heterocycles. The first-order valence-corrected chi connectivity index (χ1v) is 6.32. The van der Waals surface area contributed by atoms with Gasteiger partial charge < -0.3 is 9.67 Å². The van der Waals surface area contributed by atoms with Crippen molar-refractivity contribution in [3.05, 3.63) is 78.5 Å². The standard InChI is InChI=1S/C17H13NO2/c19-17(20)14-11-16(13-7-3-1-4-8-13)18(12-14)15-9-5-2-6-10-15/h1-12H,(H,19,20). The van der Waals surface area contributed by atoms with Gasteiger partial charge in [-0.05, 0) is 23.8 Å². The molecule has 0 amide bonds. The number of benzene rings is 2. The van der Waals surface area contributed by atoms with E-state index in [0.717, 1.165) is 16.9 Å². The van der Waals surface area contributed by atoms with E-state index >= 15 is 0 Å². The lowest BCUT2D eigenvalue weighted by Gasteiger charge is -2.08. The molecule has 1 aromatic heterocycles. The van der Waals surface area contributed by atoms with Gasteiger partial charge in [-0.15, -0.1) is 0 Å². The molecule has 1 N–H and O–H groups in total. The van der Waals surface area contributed by atoms with Crippen LogP contribution < -0.4 is 0 Å². The van der Waals surface area contributed by atoms with Gasteiger partial charge in [0.1, 0.15) is 0 Å². The molecule has 0 aliphatic heterocycles. The predicted molar refractivity (Wildman–Crippen MR) is 78.2 cm³/mol. The van der Waals surface area contributed by atoms with Gasteiger partial charge in [0.2, 0.25) is 0 Å². The number of carbonyl (C=O) groups is 1. The Morgan fingerprint density at radius 3 is 2.10 bits per heavy atom. The summed E-state index contributed by atoms with van der Waals surface area (Å²) in [4.78, 5) is 11.2. The van der Waals surface area contributed by atoms with Crippen molar-refractivity contribution < 1.29 is 9.90 Å². The van der Waals surface area contributed by atoms with Crippen LogP contribution in [0.4, 0.5) is 0 Å². The van der Waals surface area contributed by atoms with Gasteiger partial charge in [-0.25, -0.2) is 4.79 Å². The van der Waals surface area contributed by atoms with Crippen LogP contribution in [-0.4, -0.2) is 15.6 Å². The third-order valence-electron chi connectivity index (χ3n) is 3.17. The number of carboxylic acid groups (broad SMARTS) is 1. The van der Waals surface area contributed by atoms with Gasteiger partial charge in [0.25, 0.3) is 0 Å².